The second-order valence-electron chi connectivity index (χ2n) is 4.56. The largest absolute Gasteiger partial charge is 0.465 e. The first-order valence-corrected chi connectivity index (χ1v) is 6.86. The van der Waals surface area contributed by atoms with E-state index in [4.69, 9.17) is 12.2 Å². The van der Waals surface area contributed by atoms with E-state index in [1.807, 2.05) is 13.8 Å². The molecule has 2 rings (SSSR count). The fourth-order valence-corrected chi connectivity index (χ4v) is 2.22. The number of nitrogens with zero attached hydrogens (tertiary/aromatic N) is 1. The number of hydrogen-bond acceptors (Lipinski definition) is 4. The molecule has 1 N–H and O–H groups in total. The third-order valence-corrected chi connectivity index (χ3v) is 3.54. The van der Waals surface area contributed by atoms with Gasteiger partial charge in [-0.25, -0.2) is 14.2 Å². The van der Waals surface area contributed by atoms with Crippen LogP contribution in [0.3, 0.4) is 0 Å². The van der Waals surface area contributed by atoms with Crippen LogP contribution in [0.1, 0.15) is 28.7 Å². The van der Waals surface area contributed by atoms with Gasteiger partial charge < -0.3 is 9.72 Å². The number of esters is 1. The van der Waals surface area contributed by atoms with Crippen molar-refractivity contribution in [3.05, 3.63) is 45.6 Å². The maximum atomic E-state index is 13.8. The fourth-order valence-electron chi connectivity index (χ4n) is 2.01. The van der Waals surface area contributed by atoms with Gasteiger partial charge >= 0.3 is 5.97 Å². The van der Waals surface area contributed by atoms with Gasteiger partial charge in [0, 0.05) is 17.5 Å². The van der Waals surface area contributed by atoms with Crippen molar-refractivity contribution >= 4 is 18.2 Å². The summed E-state index contributed by atoms with van der Waals surface area (Å²) in [5.74, 6) is -0.386. The molecule has 0 fully saturated rings. The summed E-state index contributed by atoms with van der Waals surface area (Å²) in [6.07, 6.45) is 0.677. The van der Waals surface area contributed by atoms with E-state index < -0.39 is 11.8 Å². The number of methoxy groups -OCH3 is 1. The average Bonchev–Trinajstić information content (AvgIpc) is 2.48. The number of ether oxygens (including phenoxy) is 1. The normalized spacial score (nSPS) is 10.5. The van der Waals surface area contributed by atoms with Gasteiger partial charge in [0.1, 0.15) is 16.3 Å². The number of aryl methyl sites for hydroxylation is 1. The maximum absolute atomic E-state index is 13.8. The molecule has 0 radical (unpaired) electrons. The summed E-state index contributed by atoms with van der Waals surface area (Å²) in [5, 5.41) is 0. The Labute approximate surface area is 127 Å². The third-order valence-electron chi connectivity index (χ3n) is 3.14. The van der Waals surface area contributed by atoms with Crippen molar-refractivity contribution in [2.24, 2.45) is 0 Å². The Morgan fingerprint density at radius 1 is 1.43 bits per heavy atom. The van der Waals surface area contributed by atoms with E-state index >= 15 is 0 Å². The van der Waals surface area contributed by atoms with Gasteiger partial charge in [-0.3, -0.25) is 0 Å². The molecule has 0 saturated heterocycles. The first-order chi connectivity index (χ1) is 9.96. The standard InChI is InChI=1S/C15H15FN2O2S/c1-4-12-17-13(8(2)14(21)18-12)9-5-10(15(19)20-3)7-11(16)6-9/h5-7H,4H2,1-3H3,(H,17,18,21). The van der Waals surface area contributed by atoms with Crippen molar-refractivity contribution in [3.63, 3.8) is 0 Å². The molecule has 1 aromatic carbocycles. The molecule has 2 aromatic rings. The number of rotatable bonds is 3. The lowest BCUT2D eigenvalue weighted by Crippen LogP contribution is -2.04. The molecule has 0 unspecified atom stereocenters. The van der Waals surface area contributed by atoms with Gasteiger partial charge in [-0.1, -0.05) is 19.1 Å². The van der Waals surface area contributed by atoms with Crippen LogP contribution in [0.4, 0.5) is 4.39 Å². The van der Waals surface area contributed by atoms with Gasteiger partial charge in [0.05, 0.1) is 18.4 Å². The highest BCUT2D eigenvalue weighted by atomic mass is 32.1. The Morgan fingerprint density at radius 2 is 2.14 bits per heavy atom. The van der Waals surface area contributed by atoms with Crippen LogP contribution in [0.15, 0.2) is 18.2 Å². The van der Waals surface area contributed by atoms with Crippen LogP contribution in [-0.4, -0.2) is 23.0 Å². The van der Waals surface area contributed by atoms with Gasteiger partial charge in [0.2, 0.25) is 0 Å². The van der Waals surface area contributed by atoms with E-state index in [-0.39, 0.29) is 5.56 Å². The van der Waals surface area contributed by atoms with E-state index in [2.05, 4.69) is 14.7 Å². The summed E-state index contributed by atoms with van der Waals surface area (Å²) < 4.78 is 18.9. The molecular formula is C15H15FN2O2S. The molecule has 0 spiro atoms. The lowest BCUT2D eigenvalue weighted by Gasteiger charge is -2.10. The van der Waals surface area contributed by atoms with Crippen LogP contribution in [0.5, 0.6) is 0 Å². The van der Waals surface area contributed by atoms with E-state index in [1.54, 1.807) is 6.07 Å². The number of benzene rings is 1. The molecule has 0 saturated carbocycles. The van der Waals surface area contributed by atoms with Crippen LogP contribution in [0, 0.1) is 17.4 Å². The molecule has 21 heavy (non-hydrogen) atoms. The van der Waals surface area contributed by atoms with Crippen LogP contribution >= 0.6 is 12.2 Å². The molecule has 0 amide bonds. The van der Waals surface area contributed by atoms with Crippen molar-refractivity contribution in [3.8, 4) is 11.3 Å². The molecule has 6 heteroatoms. The molecular weight excluding hydrogens is 291 g/mol. The Hall–Kier alpha value is -2.08. The zero-order valence-electron chi connectivity index (χ0n) is 12.0. The van der Waals surface area contributed by atoms with Crippen LogP contribution < -0.4 is 0 Å². The zero-order chi connectivity index (χ0) is 15.6. The van der Waals surface area contributed by atoms with Gasteiger partial charge in [0.15, 0.2) is 0 Å². The molecule has 110 valence electrons. The molecule has 0 aliphatic carbocycles. The number of hydrogen-bond donors (Lipinski definition) is 1. The van der Waals surface area contributed by atoms with Gasteiger partial charge in [-0.05, 0) is 25.1 Å². The average molecular weight is 306 g/mol. The summed E-state index contributed by atoms with van der Waals surface area (Å²) in [6.45, 7) is 3.75. The van der Waals surface area contributed by atoms with Crippen molar-refractivity contribution < 1.29 is 13.9 Å². The van der Waals surface area contributed by atoms with Crippen molar-refractivity contribution in [2.75, 3.05) is 7.11 Å². The molecule has 0 aliphatic rings. The second-order valence-corrected chi connectivity index (χ2v) is 4.95. The number of halogens is 1. The van der Waals surface area contributed by atoms with E-state index in [0.29, 0.717) is 28.1 Å². The third kappa shape index (κ3) is 3.16. The van der Waals surface area contributed by atoms with Gasteiger partial charge in [-0.2, -0.15) is 0 Å². The van der Waals surface area contributed by atoms with Crippen LogP contribution in [0.25, 0.3) is 11.3 Å². The summed E-state index contributed by atoms with van der Waals surface area (Å²) >= 11 is 5.22. The van der Waals surface area contributed by atoms with Crippen LogP contribution in [-0.2, 0) is 11.2 Å². The maximum Gasteiger partial charge on any atom is 0.337 e. The second kappa shape index (κ2) is 6.13. The van der Waals surface area contributed by atoms with Gasteiger partial charge in [0.25, 0.3) is 0 Å². The van der Waals surface area contributed by atoms with Gasteiger partial charge in [-0.15, -0.1) is 0 Å². The number of carbonyl (C=O) groups excluding carboxylic acids is 1. The Morgan fingerprint density at radius 3 is 2.76 bits per heavy atom. The lowest BCUT2D eigenvalue weighted by molar-refractivity contribution is 0.0600. The number of carbonyl (C=O) groups is 1. The van der Waals surface area contributed by atoms with Crippen LogP contribution in [0.2, 0.25) is 0 Å². The monoisotopic (exact) mass is 306 g/mol. The molecule has 1 aromatic heterocycles. The topological polar surface area (TPSA) is 55.0 Å². The van der Waals surface area contributed by atoms with E-state index in [9.17, 15) is 9.18 Å². The molecule has 0 atom stereocenters. The smallest absolute Gasteiger partial charge is 0.337 e. The first kappa shape index (κ1) is 15.3. The van der Waals surface area contributed by atoms with E-state index in [0.717, 1.165) is 11.6 Å². The quantitative estimate of drug-likeness (QED) is 0.695. The van der Waals surface area contributed by atoms with Crippen molar-refractivity contribution in [1.29, 1.82) is 0 Å². The highest BCUT2D eigenvalue weighted by Gasteiger charge is 2.13. The minimum absolute atomic E-state index is 0.154. The highest BCUT2D eigenvalue weighted by Crippen LogP contribution is 2.24. The predicted octanol–water partition coefficient (Wildman–Crippen LogP) is 3.60. The number of aromatic amines is 1. The number of aromatic nitrogens is 2. The lowest BCUT2D eigenvalue weighted by atomic mass is 10.0. The van der Waals surface area contributed by atoms with Crippen molar-refractivity contribution in [1.82, 2.24) is 9.97 Å². The Balaban J connectivity index is 2.67. The summed E-state index contributed by atoms with van der Waals surface area (Å²) in [4.78, 5) is 19.0. The molecule has 0 aliphatic heterocycles. The van der Waals surface area contributed by atoms with E-state index in [1.165, 1.54) is 13.2 Å². The summed E-state index contributed by atoms with van der Waals surface area (Å²) in [7, 11) is 1.26. The number of nitrogens with one attached hydrogen (secondary N) is 1. The SMILES string of the molecule is CCc1nc(=S)c(C)c(-c2cc(F)cc(C(=O)OC)c2)[nH]1. The highest BCUT2D eigenvalue weighted by molar-refractivity contribution is 7.71. The first-order valence-electron chi connectivity index (χ1n) is 6.45. The summed E-state index contributed by atoms with van der Waals surface area (Å²) in [5.41, 5.74) is 2.09. The Bertz CT molecular complexity index is 756. The zero-order valence-corrected chi connectivity index (χ0v) is 12.8. The minimum atomic E-state index is -0.586. The Kier molecular flexibility index (Phi) is 4.47. The fraction of sp³-hybridized carbons (Fsp3) is 0.267. The predicted molar refractivity (Wildman–Crippen MR) is 80.3 cm³/mol. The van der Waals surface area contributed by atoms with Crippen molar-refractivity contribution in [2.45, 2.75) is 20.3 Å². The molecule has 4 nitrogen and oxygen atoms in total. The minimum Gasteiger partial charge on any atom is -0.465 e. The molecule has 1 heterocycles. The molecule has 0 bridgehead atoms. The number of H-pyrrole nitrogens is 1. The summed E-state index contributed by atoms with van der Waals surface area (Å²) in [6, 6.07) is 4.06.